The van der Waals surface area contributed by atoms with E-state index in [2.05, 4.69) is 16.1 Å². The molecule has 0 fully saturated rings. The van der Waals surface area contributed by atoms with Crippen molar-refractivity contribution < 1.29 is 0 Å². The van der Waals surface area contributed by atoms with Crippen LogP contribution in [0, 0.1) is 0 Å². The van der Waals surface area contributed by atoms with Crippen molar-refractivity contribution >= 4 is 16.5 Å². The minimum Gasteiger partial charge on any atom is -0.396 e. The van der Waals surface area contributed by atoms with Gasteiger partial charge in [-0.15, -0.1) is 0 Å². The van der Waals surface area contributed by atoms with Crippen LogP contribution in [0.1, 0.15) is 0 Å². The van der Waals surface area contributed by atoms with Crippen molar-refractivity contribution in [3.8, 4) is 11.3 Å². The zero-order valence-corrected chi connectivity index (χ0v) is 9.46. The summed E-state index contributed by atoms with van der Waals surface area (Å²) in [5.41, 5.74) is 8.69. The number of aryl methyl sites for hydroxylation is 1. The van der Waals surface area contributed by atoms with Gasteiger partial charge in [0.05, 0.1) is 17.6 Å². The van der Waals surface area contributed by atoms with Gasteiger partial charge in [0, 0.05) is 30.4 Å². The Hall–Kier alpha value is -2.36. The van der Waals surface area contributed by atoms with E-state index in [0.717, 1.165) is 22.0 Å². The average Bonchev–Trinajstić information content (AvgIpc) is 2.69. The maximum atomic E-state index is 5.97. The minimum absolute atomic E-state index is 0.691. The molecule has 2 heterocycles. The van der Waals surface area contributed by atoms with Gasteiger partial charge in [0.1, 0.15) is 0 Å². The van der Waals surface area contributed by atoms with E-state index in [0.29, 0.717) is 5.69 Å². The third-order valence-corrected chi connectivity index (χ3v) is 2.90. The number of nitrogens with two attached hydrogens (primary N) is 1. The second-order valence-electron chi connectivity index (χ2n) is 3.97. The minimum atomic E-state index is 0.691. The number of hydrogen-bond acceptors (Lipinski definition) is 3. The molecule has 84 valence electrons. The van der Waals surface area contributed by atoms with Crippen molar-refractivity contribution in [2.75, 3.05) is 5.73 Å². The van der Waals surface area contributed by atoms with Crippen LogP contribution in [0.4, 0.5) is 5.69 Å². The van der Waals surface area contributed by atoms with Crippen molar-refractivity contribution in [1.29, 1.82) is 0 Å². The number of rotatable bonds is 1. The van der Waals surface area contributed by atoms with Crippen molar-refractivity contribution in [3.63, 3.8) is 0 Å². The number of aromatic nitrogens is 3. The third kappa shape index (κ3) is 1.45. The normalized spacial score (nSPS) is 10.9. The molecular weight excluding hydrogens is 212 g/mol. The predicted octanol–water partition coefficient (Wildman–Crippen LogP) is 2.22. The molecule has 0 saturated heterocycles. The Bertz CT molecular complexity index is 660. The standard InChI is InChI=1S/C13H12N4/c1-17-13(12(14)8-16-17)11-4-2-3-9-7-15-6-5-10(9)11/h2-8H,14H2,1H3. The number of anilines is 1. The Morgan fingerprint density at radius 1 is 1.18 bits per heavy atom. The fourth-order valence-corrected chi connectivity index (χ4v) is 2.11. The van der Waals surface area contributed by atoms with Crippen molar-refractivity contribution in [1.82, 2.24) is 14.8 Å². The quantitative estimate of drug-likeness (QED) is 0.689. The van der Waals surface area contributed by atoms with E-state index in [1.807, 2.05) is 31.4 Å². The van der Waals surface area contributed by atoms with Crippen LogP contribution in [0.15, 0.2) is 42.9 Å². The van der Waals surface area contributed by atoms with Gasteiger partial charge in [0.25, 0.3) is 0 Å². The zero-order valence-electron chi connectivity index (χ0n) is 9.46. The van der Waals surface area contributed by atoms with Crippen LogP contribution < -0.4 is 5.73 Å². The summed E-state index contributed by atoms with van der Waals surface area (Å²) in [5.74, 6) is 0. The fraction of sp³-hybridized carbons (Fsp3) is 0.0769. The van der Waals surface area contributed by atoms with E-state index in [1.54, 1.807) is 17.1 Å². The molecule has 0 unspecified atom stereocenters. The van der Waals surface area contributed by atoms with Gasteiger partial charge in [-0.25, -0.2) is 0 Å². The van der Waals surface area contributed by atoms with Gasteiger partial charge < -0.3 is 5.73 Å². The smallest absolute Gasteiger partial charge is 0.0914 e. The lowest BCUT2D eigenvalue weighted by Gasteiger charge is -2.07. The van der Waals surface area contributed by atoms with E-state index in [1.165, 1.54) is 0 Å². The summed E-state index contributed by atoms with van der Waals surface area (Å²) in [4.78, 5) is 4.13. The van der Waals surface area contributed by atoms with E-state index in [9.17, 15) is 0 Å². The van der Waals surface area contributed by atoms with Gasteiger partial charge in [-0.2, -0.15) is 5.10 Å². The molecule has 0 amide bonds. The summed E-state index contributed by atoms with van der Waals surface area (Å²) in [5, 5.41) is 6.41. The van der Waals surface area contributed by atoms with Crippen LogP contribution in [0.5, 0.6) is 0 Å². The maximum Gasteiger partial charge on any atom is 0.0914 e. The molecule has 4 nitrogen and oxygen atoms in total. The number of fused-ring (bicyclic) bond motifs is 1. The average molecular weight is 224 g/mol. The Balaban J connectivity index is 2.38. The molecule has 17 heavy (non-hydrogen) atoms. The highest BCUT2D eigenvalue weighted by molar-refractivity contribution is 5.97. The SMILES string of the molecule is Cn1ncc(N)c1-c1cccc2cnccc12. The highest BCUT2D eigenvalue weighted by Gasteiger charge is 2.10. The van der Waals surface area contributed by atoms with E-state index < -0.39 is 0 Å². The molecule has 2 N–H and O–H groups in total. The van der Waals surface area contributed by atoms with Crippen LogP contribution in [-0.4, -0.2) is 14.8 Å². The number of benzene rings is 1. The molecule has 3 aromatic rings. The lowest BCUT2D eigenvalue weighted by molar-refractivity contribution is 0.776. The number of pyridine rings is 1. The van der Waals surface area contributed by atoms with E-state index >= 15 is 0 Å². The molecule has 1 aromatic carbocycles. The maximum absolute atomic E-state index is 5.97. The Morgan fingerprint density at radius 2 is 2.06 bits per heavy atom. The van der Waals surface area contributed by atoms with Crippen molar-refractivity contribution in [2.24, 2.45) is 7.05 Å². The van der Waals surface area contributed by atoms with Gasteiger partial charge in [-0.05, 0) is 11.5 Å². The van der Waals surface area contributed by atoms with Crippen LogP contribution in [-0.2, 0) is 7.05 Å². The summed E-state index contributed by atoms with van der Waals surface area (Å²) >= 11 is 0. The molecule has 0 aliphatic carbocycles. The summed E-state index contributed by atoms with van der Waals surface area (Å²) in [6.45, 7) is 0. The molecule has 0 bridgehead atoms. The van der Waals surface area contributed by atoms with Crippen molar-refractivity contribution in [3.05, 3.63) is 42.9 Å². The third-order valence-electron chi connectivity index (χ3n) is 2.90. The number of nitrogen functional groups attached to an aromatic ring is 1. The van der Waals surface area contributed by atoms with Crippen LogP contribution >= 0.6 is 0 Å². The molecule has 0 radical (unpaired) electrons. The number of nitrogens with zero attached hydrogens (tertiary/aromatic N) is 3. The molecule has 2 aromatic heterocycles. The van der Waals surface area contributed by atoms with Crippen molar-refractivity contribution in [2.45, 2.75) is 0 Å². The highest BCUT2D eigenvalue weighted by atomic mass is 15.3. The Kier molecular flexibility index (Phi) is 2.08. The molecule has 0 aliphatic rings. The molecular formula is C13H12N4. The highest BCUT2D eigenvalue weighted by Crippen LogP contribution is 2.31. The Morgan fingerprint density at radius 3 is 2.82 bits per heavy atom. The van der Waals surface area contributed by atoms with E-state index in [4.69, 9.17) is 5.73 Å². The van der Waals surface area contributed by atoms with Crippen LogP contribution in [0.3, 0.4) is 0 Å². The molecule has 0 spiro atoms. The second kappa shape index (κ2) is 3.59. The first-order valence-corrected chi connectivity index (χ1v) is 5.38. The van der Waals surface area contributed by atoms with Gasteiger partial charge in [-0.3, -0.25) is 9.67 Å². The van der Waals surface area contributed by atoms with Gasteiger partial charge in [-0.1, -0.05) is 18.2 Å². The van der Waals surface area contributed by atoms with Gasteiger partial charge in [0.2, 0.25) is 0 Å². The molecule has 3 rings (SSSR count). The lowest BCUT2D eigenvalue weighted by atomic mass is 10.0. The fourth-order valence-electron chi connectivity index (χ4n) is 2.11. The predicted molar refractivity (Wildman–Crippen MR) is 68.4 cm³/mol. The topological polar surface area (TPSA) is 56.7 Å². The largest absolute Gasteiger partial charge is 0.396 e. The first-order chi connectivity index (χ1) is 8.27. The monoisotopic (exact) mass is 224 g/mol. The lowest BCUT2D eigenvalue weighted by Crippen LogP contribution is -1.96. The molecule has 0 atom stereocenters. The van der Waals surface area contributed by atoms with Gasteiger partial charge >= 0.3 is 0 Å². The van der Waals surface area contributed by atoms with Gasteiger partial charge in [0.15, 0.2) is 0 Å². The first-order valence-electron chi connectivity index (χ1n) is 5.38. The Labute approximate surface area is 98.7 Å². The summed E-state index contributed by atoms with van der Waals surface area (Å²) in [7, 11) is 1.89. The number of hydrogen-bond donors (Lipinski definition) is 1. The molecule has 0 aliphatic heterocycles. The van der Waals surface area contributed by atoms with Crippen LogP contribution in [0.2, 0.25) is 0 Å². The summed E-state index contributed by atoms with van der Waals surface area (Å²) < 4.78 is 1.80. The summed E-state index contributed by atoms with van der Waals surface area (Å²) in [6, 6.07) is 8.09. The first kappa shape index (κ1) is 9.84. The van der Waals surface area contributed by atoms with E-state index in [-0.39, 0.29) is 0 Å². The second-order valence-corrected chi connectivity index (χ2v) is 3.97. The molecule has 0 saturated carbocycles. The zero-order chi connectivity index (χ0) is 11.8. The van der Waals surface area contributed by atoms with Crippen LogP contribution in [0.25, 0.3) is 22.0 Å². The molecule has 4 heteroatoms. The summed E-state index contributed by atoms with van der Waals surface area (Å²) in [6.07, 6.45) is 5.32.